The topological polar surface area (TPSA) is 38.4 Å². The molecule has 0 amide bonds. The highest BCUT2D eigenvalue weighted by molar-refractivity contribution is 14.2. The summed E-state index contributed by atoms with van der Waals surface area (Å²) in [6.45, 7) is 0. The van der Waals surface area contributed by atoms with E-state index in [2.05, 4.69) is 4.99 Å². The lowest BCUT2D eigenvalue weighted by Crippen LogP contribution is -2.08. The first-order valence-electron chi connectivity index (χ1n) is 1.94. The molecule has 0 bridgehead atoms. The Labute approximate surface area is 62.2 Å². The average molecular weight is 242 g/mol. The predicted octanol–water partition coefficient (Wildman–Crippen LogP) is 1.17. The van der Waals surface area contributed by atoms with E-state index in [0.717, 1.165) is 3.04 Å². The van der Waals surface area contributed by atoms with Gasteiger partial charge in [0.15, 0.2) is 0 Å². The maximum Gasteiger partial charge on any atom is 0.125 e. The van der Waals surface area contributed by atoms with Crippen LogP contribution in [0, 0.1) is 0 Å². The third-order valence-electron chi connectivity index (χ3n) is 0.608. The Morgan fingerprint density at radius 2 is 2.50 bits per heavy atom. The number of nitrogens with two attached hydrogens (primary N) is 1. The molecule has 8 heavy (non-hydrogen) atoms. The van der Waals surface area contributed by atoms with E-state index < -0.39 is 0 Å². The second kappa shape index (κ2) is 2.59. The zero-order valence-electron chi connectivity index (χ0n) is 3.94. The number of rotatable bonds is 0. The zero-order valence-corrected chi connectivity index (χ0v) is 6.85. The van der Waals surface area contributed by atoms with Crippen molar-refractivity contribution in [1.82, 2.24) is 0 Å². The SMILES string of the molecule is NC1=NC=IC(Cl)=C1. The Morgan fingerprint density at radius 1 is 1.75 bits per heavy atom. The Hall–Kier alpha value is 0.1000. The quantitative estimate of drug-likeness (QED) is 0.636. The fourth-order valence-corrected chi connectivity index (χ4v) is 1.89. The van der Waals surface area contributed by atoms with Crippen LogP contribution in [0.5, 0.6) is 0 Å². The van der Waals surface area contributed by atoms with Crippen molar-refractivity contribution in [3.8, 4) is 0 Å². The van der Waals surface area contributed by atoms with Gasteiger partial charge >= 0.3 is 0 Å². The molecule has 0 saturated carbocycles. The molecular weight excluding hydrogens is 238 g/mol. The van der Waals surface area contributed by atoms with Crippen molar-refractivity contribution in [3.05, 3.63) is 9.12 Å². The molecule has 1 rings (SSSR count). The Balaban J connectivity index is 2.89. The van der Waals surface area contributed by atoms with Gasteiger partial charge in [-0.2, -0.15) is 0 Å². The van der Waals surface area contributed by atoms with E-state index in [-0.39, 0.29) is 20.7 Å². The lowest BCUT2D eigenvalue weighted by atomic mass is 10.6. The van der Waals surface area contributed by atoms with Crippen LogP contribution >= 0.6 is 32.3 Å². The monoisotopic (exact) mass is 242 g/mol. The van der Waals surface area contributed by atoms with Gasteiger partial charge in [0.1, 0.15) is 5.84 Å². The fraction of sp³-hybridized carbons (Fsp3) is 0. The molecule has 0 saturated heterocycles. The first-order valence-corrected chi connectivity index (χ1v) is 4.65. The van der Waals surface area contributed by atoms with Crippen molar-refractivity contribution in [1.29, 1.82) is 0 Å². The van der Waals surface area contributed by atoms with Gasteiger partial charge in [0.05, 0.1) is 7.17 Å². The third kappa shape index (κ3) is 1.56. The number of amidine groups is 1. The summed E-state index contributed by atoms with van der Waals surface area (Å²) in [5, 5.41) is 0. The molecule has 0 aromatic carbocycles. The molecule has 0 fully saturated rings. The van der Waals surface area contributed by atoms with Crippen LogP contribution in [0.25, 0.3) is 0 Å². The Bertz CT molecular complexity index is 180. The highest BCUT2D eigenvalue weighted by Gasteiger charge is 1.92. The van der Waals surface area contributed by atoms with Crippen LogP contribution in [-0.4, -0.2) is 9.97 Å². The number of halogens is 2. The third-order valence-corrected chi connectivity index (χ3v) is 2.73. The molecule has 4 heteroatoms. The normalized spacial score (nSPS) is 18.6. The summed E-state index contributed by atoms with van der Waals surface area (Å²) in [4.78, 5) is 3.84. The molecule has 1 aliphatic heterocycles. The minimum atomic E-state index is -0.141. The summed E-state index contributed by atoms with van der Waals surface area (Å²) in [5.74, 6) is 0.515. The second-order valence-electron chi connectivity index (χ2n) is 1.19. The molecule has 44 valence electrons. The fourth-order valence-electron chi connectivity index (χ4n) is 0.308. The van der Waals surface area contributed by atoms with E-state index in [1.807, 2.05) is 0 Å². The summed E-state index contributed by atoms with van der Waals surface area (Å²) >= 11 is 5.49. The van der Waals surface area contributed by atoms with E-state index in [1.54, 1.807) is 10.2 Å². The van der Waals surface area contributed by atoms with Crippen molar-refractivity contribution >= 4 is 42.3 Å². The molecule has 0 aromatic heterocycles. The number of aliphatic imine (C=N–C) groups is 1. The molecule has 0 spiro atoms. The standard InChI is InChI=1S/C4H4ClIN2/c5-3-1-4(7)8-2-6-3/h1-2H,(H2,7,8). The van der Waals surface area contributed by atoms with Crippen LogP contribution in [0.1, 0.15) is 0 Å². The van der Waals surface area contributed by atoms with Crippen LogP contribution in [0.15, 0.2) is 14.1 Å². The zero-order chi connectivity index (χ0) is 5.98. The maximum atomic E-state index is 5.63. The molecule has 1 heterocycles. The van der Waals surface area contributed by atoms with Crippen LogP contribution in [0.4, 0.5) is 0 Å². The van der Waals surface area contributed by atoms with Gasteiger partial charge in [0.25, 0.3) is 0 Å². The van der Waals surface area contributed by atoms with E-state index in [9.17, 15) is 0 Å². The molecule has 0 unspecified atom stereocenters. The molecule has 2 N–H and O–H groups in total. The predicted molar refractivity (Wildman–Crippen MR) is 45.6 cm³/mol. The lowest BCUT2D eigenvalue weighted by Gasteiger charge is -1.93. The van der Waals surface area contributed by atoms with E-state index in [4.69, 9.17) is 17.3 Å². The first-order chi connectivity index (χ1) is 3.79. The smallest absolute Gasteiger partial charge is 0.125 e. The number of hydrogen-bond acceptors (Lipinski definition) is 2. The van der Waals surface area contributed by atoms with Gasteiger partial charge in [-0.3, -0.25) is 0 Å². The lowest BCUT2D eigenvalue weighted by molar-refractivity contribution is 1.65. The Morgan fingerprint density at radius 3 is 2.88 bits per heavy atom. The number of hydrogen-bond donors (Lipinski definition) is 1. The Kier molecular flexibility index (Phi) is 2.01. The van der Waals surface area contributed by atoms with Crippen molar-refractivity contribution in [3.63, 3.8) is 0 Å². The summed E-state index contributed by atoms with van der Waals surface area (Å²) in [6.07, 6.45) is 1.70. The molecule has 0 aliphatic carbocycles. The van der Waals surface area contributed by atoms with Crippen LogP contribution in [-0.2, 0) is 0 Å². The first kappa shape index (κ1) is 6.22. The minimum absolute atomic E-state index is 0.141. The second-order valence-corrected chi connectivity index (χ2v) is 4.58. The molecule has 0 atom stereocenters. The van der Waals surface area contributed by atoms with E-state index in [1.165, 1.54) is 0 Å². The molecule has 0 radical (unpaired) electrons. The largest absolute Gasteiger partial charge is 0.384 e. The molecule has 0 aromatic rings. The van der Waals surface area contributed by atoms with Gasteiger partial charge < -0.3 is 5.73 Å². The van der Waals surface area contributed by atoms with Crippen molar-refractivity contribution in [2.24, 2.45) is 10.7 Å². The summed E-state index contributed by atoms with van der Waals surface area (Å²) in [5.41, 5.74) is 5.30. The minimum Gasteiger partial charge on any atom is -0.384 e. The molecule has 1 aliphatic rings. The van der Waals surface area contributed by atoms with Crippen molar-refractivity contribution in [2.45, 2.75) is 0 Å². The summed E-state index contributed by atoms with van der Waals surface area (Å²) in [6, 6.07) is 0. The van der Waals surface area contributed by atoms with Gasteiger partial charge in [-0.1, -0.05) is 32.3 Å². The van der Waals surface area contributed by atoms with Crippen LogP contribution in [0.3, 0.4) is 0 Å². The summed E-state index contributed by atoms with van der Waals surface area (Å²) in [7, 11) is 0. The average Bonchev–Trinajstić information content (AvgIpc) is 1.64. The van der Waals surface area contributed by atoms with Crippen molar-refractivity contribution < 1.29 is 0 Å². The maximum absolute atomic E-state index is 5.63. The van der Waals surface area contributed by atoms with E-state index >= 15 is 0 Å². The van der Waals surface area contributed by atoms with Gasteiger partial charge in [-0.05, 0) is 0 Å². The molecular formula is C4H4ClIN2. The van der Waals surface area contributed by atoms with Gasteiger partial charge in [0.2, 0.25) is 0 Å². The van der Waals surface area contributed by atoms with Crippen LogP contribution < -0.4 is 5.73 Å². The van der Waals surface area contributed by atoms with Crippen molar-refractivity contribution in [2.75, 3.05) is 0 Å². The molecule has 2 nitrogen and oxygen atoms in total. The van der Waals surface area contributed by atoms with Gasteiger partial charge in [-0.25, -0.2) is 4.99 Å². The van der Waals surface area contributed by atoms with Crippen LogP contribution in [0.2, 0.25) is 0 Å². The van der Waals surface area contributed by atoms with Gasteiger partial charge in [0, 0.05) is 6.08 Å². The van der Waals surface area contributed by atoms with E-state index in [0.29, 0.717) is 5.84 Å². The van der Waals surface area contributed by atoms with Gasteiger partial charge in [-0.15, -0.1) is 0 Å². The summed E-state index contributed by atoms with van der Waals surface area (Å²) < 4.78 is 2.66. The highest BCUT2D eigenvalue weighted by Crippen LogP contribution is 2.19. The number of nitrogens with zero attached hydrogens (tertiary/aromatic N) is 1. The highest BCUT2D eigenvalue weighted by atomic mass is 127.